The predicted octanol–water partition coefficient (Wildman–Crippen LogP) is 4.84. The molecule has 0 spiro atoms. The molecule has 1 unspecified atom stereocenters. The maximum Gasteiger partial charge on any atom is 0.342 e. The Hall–Kier alpha value is -3.28. The zero-order valence-electron chi connectivity index (χ0n) is 24.2. The van der Waals surface area contributed by atoms with Crippen molar-refractivity contribution in [2.75, 3.05) is 38.6 Å². The van der Waals surface area contributed by atoms with Crippen LogP contribution in [0.5, 0.6) is 11.8 Å². The molecule has 0 saturated heterocycles. The van der Waals surface area contributed by atoms with Crippen LogP contribution in [0.15, 0.2) is 42.6 Å². The number of carbonyl (C=O) groups excluding carboxylic acids is 2. The quantitative estimate of drug-likeness (QED) is 0.106. The number of esters is 2. The second-order valence-electron chi connectivity index (χ2n) is 9.41. The van der Waals surface area contributed by atoms with E-state index in [1.807, 2.05) is 13.8 Å². The summed E-state index contributed by atoms with van der Waals surface area (Å²) in [7, 11) is -4.11. The minimum absolute atomic E-state index is 0.0813. The number of unbranched alkanes of at least 4 members (excludes halogenated alkanes) is 4. The third kappa shape index (κ3) is 14.1. The number of anilines is 1. The molecule has 0 aliphatic heterocycles. The smallest absolute Gasteiger partial charge is 0.342 e. The molecule has 0 aliphatic rings. The molecule has 1 aromatic heterocycles. The Bertz CT molecular complexity index is 1110. The number of nitrogens with one attached hydrogen (secondary N) is 1. The molecule has 12 nitrogen and oxygen atoms in total. The molecule has 42 heavy (non-hydrogen) atoms. The van der Waals surface area contributed by atoms with Gasteiger partial charge in [0.05, 0.1) is 19.6 Å². The number of aromatic nitrogens is 2. The van der Waals surface area contributed by atoms with Crippen molar-refractivity contribution >= 4 is 25.3 Å². The van der Waals surface area contributed by atoms with Crippen molar-refractivity contribution in [3.05, 3.63) is 42.6 Å². The number of nitrogens with two attached hydrogens (primary N) is 1. The third-order valence-corrected chi connectivity index (χ3v) is 7.41. The lowest BCUT2D eigenvalue weighted by Crippen LogP contribution is -2.40. The van der Waals surface area contributed by atoms with E-state index in [-0.39, 0.29) is 37.4 Å². The van der Waals surface area contributed by atoms with Crippen LogP contribution in [0, 0.1) is 0 Å². The van der Waals surface area contributed by atoms with Crippen LogP contribution in [0.3, 0.4) is 0 Å². The van der Waals surface area contributed by atoms with Crippen LogP contribution in [0.4, 0.5) is 10.2 Å². The first kappa shape index (κ1) is 34.9. The van der Waals surface area contributed by atoms with Crippen LogP contribution in [-0.2, 0) is 28.4 Å². The second kappa shape index (κ2) is 19.8. The monoisotopic (exact) mass is 612 g/mol. The molecule has 2 rings (SSSR count). The molecule has 1 heterocycles. The number of carbonyl (C=O) groups is 2. The summed E-state index contributed by atoms with van der Waals surface area (Å²) in [5.41, 5.74) is 5.61. The summed E-state index contributed by atoms with van der Waals surface area (Å²) < 4.78 is 55.2. The molecule has 14 heteroatoms. The Morgan fingerprint density at radius 1 is 1.02 bits per heavy atom. The summed E-state index contributed by atoms with van der Waals surface area (Å²) in [6.45, 7) is 3.04. The SMILES string of the molecule is CCCCCOC(=O)C[C@H](NP(=O)(CO[C@@H](CF)COc1nccc(N)n1)Oc1ccccc1)C(=O)OCCCCC. The number of nitrogens with zero attached hydrogens (tertiary/aromatic N) is 2. The van der Waals surface area contributed by atoms with Crippen molar-refractivity contribution in [3.8, 4) is 11.8 Å². The molecule has 1 aromatic carbocycles. The van der Waals surface area contributed by atoms with E-state index >= 15 is 0 Å². The number of para-hydroxylation sites is 1. The average molecular weight is 613 g/mol. The molecule has 0 aliphatic carbocycles. The van der Waals surface area contributed by atoms with E-state index in [1.165, 1.54) is 12.3 Å². The first-order valence-electron chi connectivity index (χ1n) is 14.1. The predicted molar refractivity (Wildman–Crippen MR) is 155 cm³/mol. The molecular weight excluding hydrogens is 570 g/mol. The number of alkyl halides is 1. The fourth-order valence-electron chi connectivity index (χ4n) is 3.48. The molecule has 3 atom stereocenters. The lowest BCUT2D eigenvalue weighted by Gasteiger charge is -2.26. The Morgan fingerprint density at radius 3 is 2.36 bits per heavy atom. The van der Waals surface area contributed by atoms with Crippen LogP contribution >= 0.6 is 7.52 Å². The number of hydrogen-bond acceptors (Lipinski definition) is 11. The van der Waals surface area contributed by atoms with Crippen molar-refractivity contribution in [3.63, 3.8) is 0 Å². The van der Waals surface area contributed by atoms with E-state index in [9.17, 15) is 18.5 Å². The normalized spacial score (nSPS) is 13.9. The van der Waals surface area contributed by atoms with Gasteiger partial charge in [0, 0.05) is 6.20 Å². The second-order valence-corrected chi connectivity index (χ2v) is 11.5. The number of hydrogen-bond donors (Lipinski definition) is 2. The van der Waals surface area contributed by atoms with E-state index in [1.54, 1.807) is 30.3 Å². The molecular formula is C28H42FN4O8P. The van der Waals surface area contributed by atoms with E-state index in [0.29, 0.717) is 12.8 Å². The molecule has 234 valence electrons. The molecule has 0 fully saturated rings. The maximum absolute atomic E-state index is 14.1. The standard InChI is InChI=1S/C28H42FN4O8P/c1-3-5-10-16-37-26(34)18-24(27(35)38-17-11-6-4-2)33-42(36,41-22-12-8-7-9-13-22)21-40-23(19-29)20-39-28-31-15-14-25(30)32-28/h7-9,12-15,23-24H,3-6,10-11,16-21H2,1-2H3,(H,33,36)(H2,30,31,32)/t23-,24-,42?/m0/s1. The van der Waals surface area contributed by atoms with Crippen molar-refractivity contribution in [1.82, 2.24) is 15.1 Å². The van der Waals surface area contributed by atoms with E-state index < -0.39 is 51.0 Å². The Labute approximate surface area is 246 Å². The minimum Gasteiger partial charge on any atom is -0.466 e. The van der Waals surface area contributed by atoms with Crippen LogP contribution in [-0.4, -0.2) is 66.9 Å². The van der Waals surface area contributed by atoms with Gasteiger partial charge >= 0.3 is 25.5 Å². The van der Waals surface area contributed by atoms with E-state index in [0.717, 1.165) is 25.7 Å². The Kier molecular flexibility index (Phi) is 16.4. The number of halogens is 1. The van der Waals surface area contributed by atoms with Crippen LogP contribution in [0.1, 0.15) is 58.8 Å². The summed E-state index contributed by atoms with van der Waals surface area (Å²) in [5.74, 6) is -1.09. The zero-order chi connectivity index (χ0) is 30.6. The van der Waals surface area contributed by atoms with E-state index in [2.05, 4.69) is 15.1 Å². The first-order chi connectivity index (χ1) is 20.3. The van der Waals surface area contributed by atoms with Gasteiger partial charge in [-0.2, -0.15) is 4.98 Å². The molecule has 0 amide bonds. The topological polar surface area (TPSA) is 161 Å². The number of ether oxygens (including phenoxy) is 4. The highest BCUT2D eigenvalue weighted by atomic mass is 31.2. The molecule has 2 aromatic rings. The van der Waals surface area contributed by atoms with Gasteiger partial charge in [0.15, 0.2) is 0 Å². The van der Waals surface area contributed by atoms with Crippen molar-refractivity contribution in [1.29, 1.82) is 0 Å². The summed E-state index contributed by atoms with van der Waals surface area (Å²) >= 11 is 0. The lowest BCUT2D eigenvalue weighted by molar-refractivity contribution is -0.152. The van der Waals surface area contributed by atoms with Crippen molar-refractivity contribution in [2.24, 2.45) is 0 Å². The fraction of sp³-hybridized carbons (Fsp3) is 0.571. The number of benzene rings is 1. The number of nitrogen functional groups attached to an aromatic ring is 1. The largest absolute Gasteiger partial charge is 0.466 e. The summed E-state index contributed by atoms with van der Waals surface area (Å²) in [5, 5.41) is 2.64. The first-order valence-corrected chi connectivity index (χ1v) is 15.9. The zero-order valence-corrected chi connectivity index (χ0v) is 25.1. The highest BCUT2D eigenvalue weighted by Crippen LogP contribution is 2.44. The van der Waals surface area contributed by atoms with Crippen LogP contribution in [0.2, 0.25) is 0 Å². The summed E-state index contributed by atoms with van der Waals surface area (Å²) in [4.78, 5) is 33.4. The van der Waals surface area contributed by atoms with Gasteiger partial charge in [-0.05, 0) is 31.0 Å². The summed E-state index contributed by atoms with van der Waals surface area (Å²) in [6.07, 6.45) is 3.99. The van der Waals surface area contributed by atoms with Gasteiger partial charge in [-0.3, -0.25) is 14.2 Å². The van der Waals surface area contributed by atoms with Gasteiger partial charge in [-0.15, -0.1) is 0 Å². The van der Waals surface area contributed by atoms with Crippen LogP contribution < -0.4 is 20.1 Å². The van der Waals surface area contributed by atoms with Gasteiger partial charge in [-0.25, -0.2) is 14.5 Å². The van der Waals surface area contributed by atoms with Crippen molar-refractivity contribution in [2.45, 2.75) is 70.9 Å². The fourth-order valence-corrected chi connectivity index (χ4v) is 5.20. The van der Waals surface area contributed by atoms with Gasteiger partial charge in [0.1, 0.15) is 43.3 Å². The highest BCUT2D eigenvalue weighted by molar-refractivity contribution is 7.57. The van der Waals surface area contributed by atoms with Crippen LogP contribution in [0.25, 0.3) is 0 Å². The van der Waals surface area contributed by atoms with Gasteiger partial charge in [0.25, 0.3) is 0 Å². The van der Waals surface area contributed by atoms with Crippen molar-refractivity contribution < 1.29 is 42.0 Å². The number of rotatable bonds is 22. The molecule has 0 radical (unpaired) electrons. The highest BCUT2D eigenvalue weighted by Gasteiger charge is 2.36. The Morgan fingerprint density at radius 2 is 1.71 bits per heavy atom. The summed E-state index contributed by atoms with van der Waals surface area (Å²) in [6, 6.07) is 8.19. The molecule has 3 N–H and O–H groups in total. The maximum atomic E-state index is 14.1. The lowest BCUT2D eigenvalue weighted by atomic mass is 10.2. The third-order valence-electron chi connectivity index (χ3n) is 5.71. The molecule has 0 saturated carbocycles. The molecule has 0 bridgehead atoms. The van der Waals surface area contributed by atoms with Gasteiger partial charge < -0.3 is 29.2 Å². The average Bonchev–Trinajstić information content (AvgIpc) is 2.98. The van der Waals surface area contributed by atoms with E-state index in [4.69, 9.17) is 29.2 Å². The minimum atomic E-state index is -4.11. The van der Waals surface area contributed by atoms with Gasteiger partial charge in [-0.1, -0.05) is 57.7 Å². The Balaban J connectivity index is 2.17. The van der Waals surface area contributed by atoms with Gasteiger partial charge in [0.2, 0.25) is 0 Å².